The van der Waals surface area contributed by atoms with Crippen LogP contribution in [0, 0.1) is 13.8 Å². The molecule has 5 aromatic carbocycles. The molecule has 0 spiro atoms. The minimum Gasteiger partial charge on any atom is -0.324 e. The predicted molar refractivity (Wildman–Crippen MR) is 251 cm³/mol. The van der Waals surface area contributed by atoms with Gasteiger partial charge in [0, 0.05) is 22.7 Å². The molecule has 0 radical (unpaired) electrons. The number of alkyl halides is 2. The van der Waals surface area contributed by atoms with Crippen molar-refractivity contribution in [2.24, 2.45) is 20.5 Å². The summed E-state index contributed by atoms with van der Waals surface area (Å²) in [6.07, 6.45) is 0. The molecule has 64 heavy (non-hydrogen) atoms. The number of halogens is 4. The topological polar surface area (TPSA) is 200 Å². The highest BCUT2D eigenvalue weighted by Crippen LogP contribution is 2.33. The second-order valence-corrected chi connectivity index (χ2v) is 16.6. The van der Waals surface area contributed by atoms with Crippen molar-refractivity contribution in [2.75, 3.05) is 21.3 Å². The molecule has 5 aromatic rings. The van der Waals surface area contributed by atoms with Crippen molar-refractivity contribution in [2.45, 2.75) is 64.4 Å². The number of hydrogen-bond donors (Lipinski definition) is 4. The Labute approximate surface area is 389 Å². The van der Waals surface area contributed by atoms with Gasteiger partial charge in [-0.05, 0) is 124 Å². The molecular weight excluding hydrogens is 902 g/mol. The van der Waals surface area contributed by atoms with Gasteiger partial charge in [0.1, 0.15) is 11.4 Å². The fourth-order valence-electron chi connectivity index (χ4n) is 6.12. The van der Waals surface area contributed by atoms with Crippen molar-refractivity contribution in [3.63, 3.8) is 0 Å². The van der Waals surface area contributed by atoms with E-state index >= 15 is 0 Å². The van der Waals surface area contributed by atoms with Crippen LogP contribution in [-0.2, 0) is 19.2 Å². The molecule has 4 atom stereocenters. The number of nitrogens with one attached hydrogen (secondary N) is 4. The number of aryl methyl sites for hydroxylation is 2. The van der Waals surface area contributed by atoms with Gasteiger partial charge in [0.25, 0.3) is 23.6 Å². The highest BCUT2D eigenvalue weighted by Gasteiger charge is 2.27. The van der Waals surface area contributed by atoms with Crippen LogP contribution in [0.2, 0.25) is 10.0 Å². The highest BCUT2D eigenvalue weighted by molar-refractivity contribution is 6.37. The van der Waals surface area contributed by atoms with Gasteiger partial charge in [-0.25, -0.2) is 0 Å². The third-order valence-corrected chi connectivity index (χ3v) is 10.9. The molecule has 0 fully saturated rings. The first-order valence-corrected chi connectivity index (χ1v) is 21.2. The van der Waals surface area contributed by atoms with E-state index in [1.54, 1.807) is 74.5 Å². The number of carbonyl (C=O) groups is 6. The lowest BCUT2D eigenvalue weighted by molar-refractivity contribution is -0.127. The molecule has 330 valence electrons. The molecule has 18 heteroatoms. The first kappa shape index (κ1) is 48.7. The summed E-state index contributed by atoms with van der Waals surface area (Å²) in [6.45, 7) is 9.34. The Balaban J connectivity index is 1.25. The largest absolute Gasteiger partial charge is 0.324 e. The number of benzene rings is 5. The second-order valence-electron chi connectivity index (χ2n) is 14.6. The third-order valence-electron chi connectivity index (χ3n) is 9.58. The molecular formula is C46H42Cl4N8O6. The van der Waals surface area contributed by atoms with E-state index in [1.165, 1.54) is 50.2 Å². The van der Waals surface area contributed by atoms with Gasteiger partial charge in [0.2, 0.25) is 12.1 Å². The maximum atomic E-state index is 13.5. The Bertz CT molecular complexity index is 2650. The average molecular weight is 945 g/mol. The van der Waals surface area contributed by atoms with Crippen molar-refractivity contribution < 1.29 is 28.8 Å². The molecule has 0 aromatic heterocycles. The molecule has 14 nitrogen and oxygen atoms in total. The van der Waals surface area contributed by atoms with Gasteiger partial charge in [0.05, 0.1) is 31.9 Å². The molecule has 0 saturated carbocycles. The average Bonchev–Trinajstić information content (AvgIpc) is 3.23. The van der Waals surface area contributed by atoms with Crippen LogP contribution in [0.1, 0.15) is 81.4 Å². The van der Waals surface area contributed by atoms with E-state index in [4.69, 9.17) is 46.4 Å². The normalized spacial score (nSPS) is 13.2. The Hall–Kier alpha value is -6.32. The summed E-state index contributed by atoms with van der Waals surface area (Å²) < 4.78 is 0. The van der Waals surface area contributed by atoms with Gasteiger partial charge >= 0.3 is 0 Å². The van der Waals surface area contributed by atoms with Crippen molar-refractivity contribution in [3.8, 4) is 0 Å². The summed E-state index contributed by atoms with van der Waals surface area (Å²) in [5, 5.41) is 26.5. The Kier molecular flexibility index (Phi) is 16.6. The zero-order chi connectivity index (χ0) is 46.8. The molecule has 0 aliphatic carbocycles. The second kappa shape index (κ2) is 21.8. The SMILES string of the molecule is CC(=O)C(N=Nc1cccc(C(=O)Nc2ccc(C(C)Cl)cc2)c1Cl)C(=O)Nc1cc(C)c(NC(=O)C(N=Nc2cccc(C(=O)Nc3ccc(C(C)Cl)cc3)c2Cl)C(C)=O)c(C)c1. The van der Waals surface area contributed by atoms with Crippen molar-refractivity contribution >= 4 is 116 Å². The molecule has 0 aliphatic heterocycles. The first-order valence-electron chi connectivity index (χ1n) is 19.6. The number of nitrogens with zero attached hydrogens (tertiary/aromatic N) is 4. The third kappa shape index (κ3) is 12.4. The zero-order valence-electron chi connectivity index (χ0n) is 35.3. The van der Waals surface area contributed by atoms with Crippen molar-refractivity contribution in [1.82, 2.24) is 0 Å². The Morgan fingerprint density at radius 3 is 1.25 bits per heavy atom. The predicted octanol–water partition coefficient (Wildman–Crippen LogP) is 12.1. The monoisotopic (exact) mass is 942 g/mol. The minimum absolute atomic E-state index is 0.0474. The number of ketones is 2. The fraction of sp³-hybridized carbons (Fsp3) is 0.217. The maximum absolute atomic E-state index is 13.5. The van der Waals surface area contributed by atoms with Gasteiger partial charge in [-0.3, -0.25) is 28.8 Å². The summed E-state index contributed by atoms with van der Waals surface area (Å²) >= 11 is 25.3. The smallest absolute Gasteiger partial charge is 0.258 e. The number of carbonyl (C=O) groups excluding carboxylic acids is 6. The van der Waals surface area contributed by atoms with Gasteiger partial charge in [-0.2, -0.15) is 20.5 Å². The summed E-state index contributed by atoms with van der Waals surface area (Å²) in [4.78, 5) is 78.3. The number of rotatable bonds is 16. The lowest BCUT2D eigenvalue weighted by Crippen LogP contribution is -2.33. The summed E-state index contributed by atoms with van der Waals surface area (Å²) in [6, 6.07) is 22.9. The van der Waals surface area contributed by atoms with Crippen LogP contribution in [0.5, 0.6) is 0 Å². The quantitative estimate of drug-likeness (QED) is 0.0431. The van der Waals surface area contributed by atoms with Crippen LogP contribution in [-0.4, -0.2) is 47.3 Å². The minimum atomic E-state index is -1.59. The van der Waals surface area contributed by atoms with E-state index in [0.717, 1.165) is 11.1 Å². The van der Waals surface area contributed by atoms with Crippen LogP contribution in [0.3, 0.4) is 0 Å². The number of anilines is 4. The molecule has 4 N–H and O–H groups in total. The lowest BCUT2D eigenvalue weighted by Gasteiger charge is -2.17. The number of hydrogen-bond acceptors (Lipinski definition) is 10. The zero-order valence-corrected chi connectivity index (χ0v) is 38.3. The van der Waals surface area contributed by atoms with Crippen molar-refractivity contribution in [3.05, 3.63) is 140 Å². The maximum Gasteiger partial charge on any atom is 0.258 e. The van der Waals surface area contributed by atoms with Crippen LogP contribution >= 0.6 is 46.4 Å². The summed E-state index contributed by atoms with van der Waals surface area (Å²) in [7, 11) is 0. The van der Waals surface area contributed by atoms with E-state index in [9.17, 15) is 28.8 Å². The summed E-state index contributed by atoms with van der Waals surface area (Å²) in [5.74, 6) is -3.88. The van der Waals surface area contributed by atoms with Gasteiger partial charge < -0.3 is 21.3 Å². The van der Waals surface area contributed by atoms with Gasteiger partial charge in [-0.15, -0.1) is 23.2 Å². The first-order chi connectivity index (χ1) is 30.3. The van der Waals surface area contributed by atoms with Gasteiger partial charge in [0.15, 0.2) is 11.6 Å². The molecule has 4 amide bonds. The molecule has 0 bridgehead atoms. The van der Waals surface area contributed by atoms with Crippen LogP contribution in [0.4, 0.5) is 34.1 Å². The molecule has 4 unspecified atom stereocenters. The van der Waals surface area contributed by atoms with E-state index in [-0.39, 0.29) is 49.0 Å². The van der Waals surface area contributed by atoms with Gasteiger partial charge in [-0.1, -0.05) is 59.6 Å². The number of amides is 4. The van der Waals surface area contributed by atoms with Crippen LogP contribution < -0.4 is 21.3 Å². The Morgan fingerprint density at radius 1 is 0.516 bits per heavy atom. The van der Waals surface area contributed by atoms with Crippen molar-refractivity contribution in [1.29, 1.82) is 0 Å². The highest BCUT2D eigenvalue weighted by atomic mass is 35.5. The molecule has 0 saturated heterocycles. The van der Waals surface area contributed by atoms with E-state index in [1.807, 2.05) is 13.8 Å². The van der Waals surface area contributed by atoms with Crippen LogP contribution in [0.25, 0.3) is 0 Å². The van der Waals surface area contributed by atoms with E-state index < -0.39 is 47.3 Å². The van der Waals surface area contributed by atoms with E-state index in [0.29, 0.717) is 28.2 Å². The van der Waals surface area contributed by atoms with E-state index in [2.05, 4.69) is 41.7 Å². The summed E-state index contributed by atoms with van der Waals surface area (Å²) in [5.41, 5.74) is 4.65. The number of azo groups is 2. The molecule has 5 rings (SSSR count). The Morgan fingerprint density at radius 2 is 0.891 bits per heavy atom. The number of Topliss-reactive ketones (excluding diaryl/α,β-unsaturated/α-hetero) is 2. The van der Waals surface area contributed by atoms with Crippen LogP contribution in [0.15, 0.2) is 118 Å². The lowest BCUT2D eigenvalue weighted by atomic mass is 10.1. The molecule has 0 aliphatic rings. The standard InChI is InChI=1S/C46H42Cl4N8O6/c1-23-21-33(53-45(63)41(27(5)59)57-55-36-11-7-9-34(38(36)49)43(61)51-31-17-13-29(14-18-31)25(3)47)22-24(2)40(23)54-46(64)42(28(6)60)58-56-37-12-8-10-35(39(37)50)44(62)52-32-19-15-30(16-20-32)26(4)48/h7-22,25-26,41-42H,1-6H3,(H,51,61)(H,52,62)(H,53,63)(H,54,64). The molecule has 0 heterocycles. The fourth-order valence-corrected chi connectivity index (χ4v) is 6.91.